The van der Waals surface area contributed by atoms with E-state index in [0.717, 1.165) is 32.2 Å². The number of rotatable bonds is 3. The highest BCUT2D eigenvalue weighted by Gasteiger charge is 2.18. The van der Waals surface area contributed by atoms with Crippen molar-refractivity contribution in [2.24, 2.45) is 0 Å². The number of benzene rings is 1. The van der Waals surface area contributed by atoms with Crippen molar-refractivity contribution in [3.8, 4) is 0 Å². The second kappa shape index (κ2) is 5.46. The van der Waals surface area contributed by atoms with Crippen molar-refractivity contribution in [1.29, 1.82) is 0 Å². The Morgan fingerprint density at radius 2 is 1.88 bits per heavy atom. The van der Waals surface area contributed by atoms with Crippen LogP contribution >= 0.6 is 0 Å². The predicted molar refractivity (Wildman–Crippen MR) is 66.3 cm³/mol. The van der Waals surface area contributed by atoms with Crippen LogP contribution in [0.4, 0.5) is 0 Å². The number of hydrogen-bond donors (Lipinski definition) is 2. The lowest BCUT2D eigenvalue weighted by atomic mass is 9.93. The molecule has 1 aliphatic rings. The van der Waals surface area contributed by atoms with Crippen molar-refractivity contribution in [2.45, 2.75) is 51.3 Å². The Balaban J connectivity index is 1.81. The average Bonchev–Trinajstić information content (AvgIpc) is 2.30. The van der Waals surface area contributed by atoms with Crippen LogP contribution in [0.1, 0.15) is 36.8 Å². The molecular formula is C14H21NO. The Kier molecular flexibility index (Phi) is 3.97. The maximum absolute atomic E-state index is 9.43. The quantitative estimate of drug-likeness (QED) is 0.818. The Morgan fingerprint density at radius 3 is 2.56 bits per heavy atom. The summed E-state index contributed by atoms with van der Waals surface area (Å²) in [6.07, 6.45) is 4.05. The fourth-order valence-electron chi connectivity index (χ4n) is 2.34. The molecule has 0 unspecified atom stereocenters. The number of nitrogens with one attached hydrogen (secondary N) is 1. The van der Waals surface area contributed by atoms with Crippen LogP contribution in [0.15, 0.2) is 24.3 Å². The third-order valence-electron chi connectivity index (χ3n) is 3.54. The maximum atomic E-state index is 9.43. The summed E-state index contributed by atoms with van der Waals surface area (Å²) in [5.74, 6) is 0. The van der Waals surface area contributed by atoms with E-state index in [-0.39, 0.29) is 6.10 Å². The SMILES string of the molecule is Cc1ccccc1CNC1CCC(O)CC1. The molecular weight excluding hydrogens is 198 g/mol. The molecule has 1 aromatic rings. The van der Waals surface area contributed by atoms with Crippen LogP contribution in [-0.4, -0.2) is 17.3 Å². The van der Waals surface area contributed by atoms with E-state index < -0.39 is 0 Å². The summed E-state index contributed by atoms with van der Waals surface area (Å²) in [6.45, 7) is 3.11. The first-order valence-corrected chi connectivity index (χ1v) is 6.21. The Bertz CT molecular complexity index is 329. The van der Waals surface area contributed by atoms with Gasteiger partial charge in [0.2, 0.25) is 0 Å². The molecule has 0 aromatic heterocycles. The second-order valence-corrected chi connectivity index (χ2v) is 4.81. The lowest BCUT2D eigenvalue weighted by molar-refractivity contribution is 0.116. The molecule has 1 aliphatic carbocycles. The Morgan fingerprint density at radius 1 is 1.19 bits per heavy atom. The van der Waals surface area contributed by atoms with Gasteiger partial charge in [0, 0.05) is 12.6 Å². The van der Waals surface area contributed by atoms with Gasteiger partial charge in [-0.05, 0) is 43.7 Å². The van der Waals surface area contributed by atoms with Crippen LogP contribution in [0.25, 0.3) is 0 Å². The van der Waals surface area contributed by atoms with Crippen molar-refractivity contribution in [3.05, 3.63) is 35.4 Å². The Hall–Kier alpha value is -0.860. The molecule has 88 valence electrons. The molecule has 0 heterocycles. The summed E-state index contributed by atoms with van der Waals surface area (Å²) in [7, 11) is 0. The molecule has 1 saturated carbocycles. The van der Waals surface area contributed by atoms with E-state index in [0.29, 0.717) is 6.04 Å². The topological polar surface area (TPSA) is 32.3 Å². The largest absolute Gasteiger partial charge is 0.393 e. The fourth-order valence-corrected chi connectivity index (χ4v) is 2.34. The van der Waals surface area contributed by atoms with E-state index >= 15 is 0 Å². The number of aliphatic hydroxyl groups is 1. The summed E-state index contributed by atoms with van der Waals surface area (Å²) in [5, 5.41) is 13.0. The normalized spacial score (nSPS) is 25.6. The molecule has 0 amide bonds. The molecule has 0 radical (unpaired) electrons. The van der Waals surface area contributed by atoms with Crippen LogP contribution in [-0.2, 0) is 6.54 Å². The minimum Gasteiger partial charge on any atom is -0.393 e. The van der Waals surface area contributed by atoms with Gasteiger partial charge in [-0.2, -0.15) is 0 Å². The third-order valence-corrected chi connectivity index (χ3v) is 3.54. The van der Waals surface area contributed by atoms with Crippen LogP contribution < -0.4 is 5.32 Å². The van der Waals surface area contributed by atoms with E-state index in [1.54, 1.807) is 0 Å². The Labute approximate surface area is 97.7 Å². The molecule has 2 heteroatoms. The highest BCUT2D eigenvalue weighted by molar-refractivity contribution is 5.25. The van der Waals surface area contributed by atoms with Gasteiger partial charge in [-0.25, -0.2) is 0 Å². The molecule has 0 spiro atoms. The zero-order valence-corrected chi connectivity index (χ0v) is 9.95. The molecule has 2 N–H and O–H groups in total. The van der Waals surface area contributed by atoms with E-state index in [2.05, 4.69) is 36.5 Å². The first-order valence-electron chi connectivity index (χ1n) is 6.21. The molecule has 16 heavy (non-hydrogen) atoms. The second-order valence-electron chi connectivity index (χ2n) is 4.81. The van der Waals surface area contributed by atoms with E-state index in [9.17, 15) is 5.11 Å². The minimum absolute atomic E-state index is 0.0588. The molecule has 0 aliphatic heterocycles. The zero-order valence-electron chi connectivity index (χ0n) is 9.95. The first-order chi connectivity index (χ1) is 7.75. The summed E-state index contributed by atoms with van der Waals surface area (Å²) >= 11 is 0. The number of hydrogen-bond acceptors (Lipinski definition) is 2. The smallest absolute Gasteiger partial charge is 0.0541 e. The van der Waals surface area contributed by atoms with Crippen LogP contribution in [0.5, 0.6) is 0 Å². The van der Waals surface area contributed by atoms with Crippen molar-refractivity contribution in [3.63, 3.8) is 0 Å². The third kappa shape index (κ3) is 3.06. The lowest BCUT2D eigenvalue weighted by Crippen LogP contribution is -2.34. The summed E-state index contributed by atoms with van der Waals surface area (Å²) in [5.41, 5.74) is 2.74. The first kappa shape index (κ1) is 11.6. The standard InChI is InChI=1S/C14H21NO/c1-11-4-2-3-5-12(11)10-15-13-6-8-14(16)9-7-13/h2-5,13-16H,6-10H2,1H3. The summed E-state index contributed by atoms with van der Waals surface area (Å²) in [4.78, 5) is 0. The van der Waals surface area contributed by atoms with Crippen LogP contribution in [0.3, 0.4) is 0 Å². The predicted octanol–water partition coefficient (Wildman–Crippen LogP) is 2.39. The molecule has 0 atom stereocenters. The van der Waals surface area contributed by atoms with Gasteiger partial charge in [-0.3, -0.25) is 0 Å². The van der Waals surface area contributed by atoms with Gasteiger partial charge < -0.3 is 10.4 Å². The lowest BCUT2D eigenvalue weighted by Gasteiger charge is -2.26. The summed E-state index contributed by atoms with van der Waals surface area (Å²) < 4.78 is 0. The van der Waals surface area contributed by atoms with Crippen molar-refractivity contribution >= 4 is 0 Å². The minimum atomic E-state index is -0.0588. The number of aliphatic hydroxyl groups excluding tert-OH is 1. The zero-order chi connectivity index (χ0) is 11.4. The maximum Gasteiger partial charge on any atom is 0.0541 e. The molecule has 2 nitrogen and oxygen atoms in total. The van der Waals surface area contributed by atoms with E-state index in [4.69, 9.17) is 0 Å². The van der Waals surface area contributed by atoms with Gasteiger partial charge in [0.15, 0.2) is 0 Å². The molecule has 2 rings (SSSR count). The van der Waals surface area contributed by atoms with Gasteiger partial charge >= 0.3 is 0 Å². The monoisotopic (exact) mass is 219 g/mol. The number of aryl methyl sites for hydroxylation is 1. The van der Waals surface area contributed by atoms with Gasteiger partial charge in [-0.15, -0.1) is 0 Å². The van der Waals surface area contributed by atoms with Crippen molar-refractivity contribution in [2.75, 3.05) is 0 Å². The average molecular weight is 219 g/mol. The van der Waals surface area contributed by atoms with Crippen molar-refractivity contribution in [1.82, 2.24) is 5.32 Å². The highest BCUT2D eigenvalue weighted by atomic mass is 16.3. The highest BCUT2D eigenvalue weighted by Crippen LogP contribution is 2.19. The fraction of sp³-hybridized carbons (Fsp3) is 0.571. The van der Waals surface area contributed by atoms with Gasteiger partial charge in [0.25, 0.3) is 0 Å². The molecule has 1 fully saturated rings. The van der Waals surface area contributed by atoms with Crippen LogP contribution in [0.2, 0.25) is 0 Å². The van der Waals surface area contributed by atoms with Gasteiger partial charge in [0.1, 0.15) is 0 Å². The molecule has 0 saturated heterocycles. The van der Waals surface area contributed by atoms with Gasteiger partial charge in [-0.1, -0.05) is 24.3 Å². The van der Waals surface area contributed by atoms with Crippen LogP contribution in [0, 0.1) is 6.92 Å². The van der Waals surface area contributed by atoms with E-state index in [1.165, 1.54) is 11.1 Å². The van der Waals surface area contributed by atoms with Gasteiger partial charge in [0.05, 0.1) is 6.10 Å². The van der Waals surface area contributed by atoms with E-state index in [1.807, 2.05) is 0 Å². The van der Waals surface area contributed by atoms with Crippen molar-refractivity contribution < 1.29 is 5.11 Å². The summed E-state index contributed by atoms with van der Waals surface area (Å²) in [6, 6.07) is 9.09. The molecule has 1 aromatic carbocycles. The molecule has 0 bridgehead atoms.